The average Bonchev–Trinajstić information content (AvgIpc) is 2.77. The van der Waals surface area contributed by atoms with Crippen molar-refractivity contribution in [1.29, 1.82) is 0 Å². The third kappa shape index (κ3) is 10.2. The first-order valence-electron chi connectivity index (χ1n) is 13.4. The van der Waals surface area contributed by atoms with Crippen LogP contribution in [0.15, 0.2) is 12.2 Å². The number of hydrogen-bond acceptors (Lipinski definition) is 3. The van der Waals surface area contributed by atoms with Crippen LogP contribution in [-0.2, 0) is 14.4 Å². The molecule has 0 spiro atoms. The number of nitrogens with zero attached hydrogens (tertiary/aromatic N) is 1. The van der Waals surface area contributed by atoms with E-state index in [1.54, 1.807) is 20.8 Å². The van der Waals surface area contributed by atoms with Gasteiger partial charge in [0, 0.05) is 19.3 Å². The highest BCUT2D eigenvalue weighted by atomic mass is 16.4. The molecule has 0 amide bonds. The minimum absolute atomic E-state index is 0.185. The lowest BCUT2D eigenvalue weighted by atomic mass is 9.94. The van der Waals surface area contributed by atoms with Crippen LogP contribution < -0.4 is 0 Å². The fourth-order valence-electron chi connectivity index (χ4n) is 5.38. The van der Waals surface area contributed by atoms with Gasteiger partial charge in [0.25, 0.3) is 0 Å². The van der Waals surface area contributed by atoms with Crippen LogP contribution in [-0.4, -0.2) is 62.4 Å². The Morgan fingerprint density at radius 3 is 1.29 bits per heavy atom. The minimum atomic E-state index is -1.13. The molecular formula is C27H50NO6+. The van der Waals surface area contributed by atoms with E-state index >= 15 is 0 Å². The molecule has 0 radical (unpaired) electrons. The first-order chi connectivity index (χ1) is 16.2. The normalized spacial score (nSPS) is 16.1. The second-order valence-corrected chi connectivity index (χ2v) is 9.38. The molecule has 0 aromatic rings. The Labute approximate surface area is 206 Å². The maximum absolute atomic E-state index is 12.2. The lowest BCUT2D eigenvalue weighted by molar-refractivity contribution is -0.973. The van der Waals surface area contributed by atoms with Crippen LogP contribution in [0.5, 0.6) is 0 Å². The number of aliphatic carboxylic acids is 3. The molecule has 0 heterocycles. The van der Waals surface area contributed by atoms with Gasteiger partial charge in [-0.1, -0.05) is 72.0 Å². The first-order valence-corrected chi connectivity index (χ1v) is 13.4. The number of carbonyl (C=O) groups is 3. The Hall–Kier alpha value is -1.89. The fraction of sp³-hybridized carbons (Fsp3) is 0.815. The van der Waals surface area contributed by atoms with E-state index in [0.29, 0.717) is 6.42 Å². The smallest absolute Gasteiger partial charge is 0.362 e. The van der Waals surface area contributed by atoms with Crippen molar-refractivity contribution < 1.29 is 34.2 Å². The van der Waals surface area contributed by atoms with E-state index in [2.05, 4.69) is 19.1 Å². The maximum Gasteiger partial charge on any atom is 0.362 e. The summed E-state index contributed by atoms with van der Waals surface area (Å²) in [6, 6.07) is -3.21. The Balaban J connectivity index is 5.15. The summed E-state index contributed by atoms with van der Waals surface area (Å²) in [4.78, 5) is 36.6. The van der Waals surface area contributed by atoms with Gasteiger partial charge in [0.2, 0.25) is 0 Å². The molecule has 0 aliphatic rings. The highest BCUT2D eigenvalue weighted by molar-refractivity contribution is 5.78. The highest BCUT2D eigenvalue weighted by Crippen LogP contribution is 2.32. The van der Waals surface area contributed by atoms with Crippen LogP contribution in [0.1, 0.15) is 118 Å². The monoisotopic (exact) mass is 484 g/mol. The zero-order chi connectivity index (χ0) is 26.0. The zero-order valence-electron chi connectivity index (χ0n) is 22.0. The Morgan fingerprint density at radius 2 is 0.941 bits per heavy atom. The third-order valence-electron chi connectivity index (χ3n) is 7.06. The van der Waals surface area contributed by atoms with Crippen molar-refractivity contribution in [2.24, 2.45) is 0 Å². The molecule has 0 bridgehead atoms. The number of quaternary nitrogens is 1. The number of allylic oxidation sites excluding steroid dienone is 2. The summed E-state index contributed by atoms with van der Waals surface area (Å²) in [5.74, 6) is -3.38. The van der Waals surface area contributed by atoms with Gasteiger partial charge in [0.15, 0.2) is 18.1 Å². The summed E-state index contributed by atoms with van der Waals surface area (Å²) in [6.07, 6.45) is 17.0. The third-order valence-corrected chi connectivity index (χ3v) is 7.06. The lowest BCUT2D eigenvalue weighted by Crippen LogP contribution is -2.72. The zero-order valence-corrected chi connectivity index (χ0v) is 22.0. The average molecular weight is 485 g/mol. The molecule has 0 aromatic heterocycles. The Morgan fingerprint density at radius 1 is 0.588 bits per heavy atom. The van der Waals surface area contributed by atoms with Crippen molar-refractivity contribution in [3.8, 4) is 0 Å². The van der Waals surface area contributed by atoms with E-state index in [4.69, 9.17) is 0 Å². The summed E-state index contributed by atoms with van der Waals surface area (Å²) in [7, 11) is 0. The van der Waals surface area contributed by atoms with Gasteiger partial charge in [0.05, 0.1) is 6.54 Å². The van der Waals surface area contributed by atoms with Gasteiger partial charge in [-0.15, -0.1) is 0 Å². The van der Waals surface area contributed by atoms with Crippen LogP contribution in [0.4, 0.5) is 0 Å². The molecule has 3 atom stereocenters. The van der Waals surface area contributed by atoms with E-state index in [1.807, 2.05) is 0 Å². The van der Waals surface area contributed by atoms with Crippen molar-refractivity contribution in [2.45, 2.75) is 136 Å². The summed E-state index contributed by atoms with van der Waals surface area (Å²) in [6.45, 7) is 7.55. The predicted molar refractivity (Wildman–Crippen MR) is 136 cm³/mol. The summed E-state index contributed by atoms with van der Waals surface area (Å²) >= 11 is 0. The standard InChI is InChI=1S/C27H49NO6/c1-5-9-10-11-12-13-14-15-16-17-18-19-20-21-28(22(6-2)25(29)30,23(7-3)26(31)32)24(8-4)27(33)34/h15-16,22-24H,5-14,17-21H2,1-4H3,(H2-,29,30,31,32,33,34)/p+1/b16-15+. The lowest BCUT2D eigenvalue weighted by Gasteiger charge is -2.49. The Bertz CT molecular complexity index is 563. The predicted octanol–water partition coefficient (Wildman–Crippen LogP) is 6.26. The first kappa shape index (κ1) is 32.1. The van der Waals surface area contributed by atoms with Gasteiger partial charge in [-0.2, -0.15) is 0 Å². The summed E-state index contributed by atoms with van der Waals surface area (Å²) in [5, 5.41) is 29.9. The SMILES string of the molecule is CCCCCCCC/C=C/CCCCC[N+](C(CC)C(=O)O)(C(CC)C(=O)O)C(CC)C(=O)O. The van der Waals surface area contributed by atoms with Crippen molar-refractivity contribution in [3.63, 3.8) is 0 Å². The topological polar surface area (TPSA) is 112 Å². The molecule has 7 heteroatoms. The van der Waals surface area contributed by atoms with Crippen LogP contribution in [0.3, 0.4) is 0 Å². The maximum atomic E-state index is 12.2. The molecule has 198 valence electrons. The molecule has 7 nitrogen and oxygen atoms in total. The molecule has 34 heavy (non-hydrogen) atoms. The van der Waals surface area contributed by atoms with Crippen LogP contribution in [0.25, 0.3) is 0 Å². The van der Waals surface area contributed by atoms with Gasteiger partial charge < -0.3 is 15.3 Å². The highest BCUT2D eigenvalue weighted by Gasteiger charge is 2.55. The van der Waals surface area contributed by atoms with Crippen molar-refractivity contribution in [2.75, 3.05) is 6.54 Å². The molecule has 0 aromatic carbocycles. The number of unbranched alkanes of at least 4 members (excludes halogenated alkanes) is 9. The molecule has 0 aliphatic carbocycles. The van der Waals surface area contributed by atoms with Crippen LogP contribution >= 0.6 is 0 Å². The van der Waals surface area contributed by atoms with E-state index in [-0.39, 0.29) is 25.8 Å². The van der Waals surface area contributed by atoms with Gasteiger partial charge in [0.1, 0.15) is 0 Å². The number of rotatable bonds is 22. The number of hydrogen-bond donors (Lipinski definition) is 3. The van der Waals surface area contributed by atoms with E-state index in [1.165, 1.54) is 38.5 Å². The fourth-order valence-corrected chi connectivity index (χ4v) is 5.38. The molecule has 3 N–H and O–H groups in total. The Kier molecular flexibility index (Phi) is 17.4. The molecule has 0 fully saturated rings. The van der Waals surface area contributed by atoms with Gasteiger partial charge >= 0.3 is 17.9 Å². The number of carboxylic acids is 3. The summed E-state index contributed by atoms with van der Waals surface area (Å²) in [5.41, 5.74) is 0. The van der Waals surface area contributed by atoms with Crippen molar-refractivity contribution >= 4 is 17.9 Å². The molecule has 0 saturated carbocycles. The van der Waals surface area contributed by atoms with E-state index in [9.17, 15) is 29.7 Å². The largest absolute Gasteiger partial charge is 0.477 e. The molecular weight excluding hydrogens is 434 g/mol. The second-order valence-electron chi connectivity index (χ2n) is 9.38. The summed E-state index contributed by atoms with van der Waals surface area (Å²) < 4.78 is -0.419. The number of carboxylic acid groups (broad SMARTS) is 3. The van der Waals surface area contributed by atoms with Crippen molar-refractivity contribution in [1.82, 2.24) is 0 Å². The van der Waals surface area contributed by atoms with E-state index < -0.39 is 40.5 Å². The van der Waals surface area contributed by atoms with Crippen LogP contribution in [0, 0.1) is 0 Å². The second kappa shape index (κ2) is 18.4. The molecule has 3 unspecified atom stereocenters. The van der Waals surface area contributed by atoms with Crippen molar-refractivity contribution in [3.05, 3.63) is 12.2 Å². The quantitative estimate of drug-likeness (QED) is 0.0950. The van der Waals surface area contributed by atoms with Gasteiger partial charge in [-0.25, -0.2) is 14.4 Å². The molecule has 0 aliphatic heterocycles. The minimum Gasteiger partial charge on any atom is -0.477 e. The van der Waals surface area contributed by atoms with Gasteiger partial charge in [-0.3, -0.25) is 4.48 Å². The van der Waals surface area contributed by atoms with E-state index in [0.717, 1.165) is 25.7 Å². The van der Waals surface area contributed by atoms with Crippen LogP contribution in [0.2, 0.25) is 0 Å². The molecule has 0 saturated heterocycles. The van der Waals surface area contributed by atoms with Gasteiger partial charge in [-0.05, 0) is 38.5 Å². The molecule has 0 rings (SSSR count).